The predicted molar refractivity (Wildman–Crippen MR) is 79.5 cm³/mol. The van der Waals surface area contributed by atoms with E-state index in [0.29, 0.717) is 28.5 Å². The van der Waals surface area contributed by atoms with Crippen molar-refractivity contribution in [3.63, 3.8) is 0 Å². The average molecular weight is 317 g/mol. The Hall–Kier alpha value is -2.96. The van der Waals surface area contributed by atoms with Gasteiger partial charge >= 0.3 is 5.97 Å². The molecule has 23 heavy (non-hydrogen) atoms. The number of hydrogen-bond acceptors (Lipinski definition) is 6. The standard InChI is InChI=1S/C16H15NO6/c1-9-12(5-6-20-9)16(19)23-10(2)15(18)17-11-3-4-13-14(7-11)22-8-21-13/h3-7,10H,8H2,1-2H3,(H,17,18)/t10-/m0/s1. The molecule has 1 aliphatic rings. The summed E-state index contributed by atoms with van der Waals surface area (Å²) in [4.78, 5) is 24.1. The molecule has 1 aromatic carbocycles. The highest BCUT2D eigenvalue weighted by Gasteiger charge is 2.22. The molecule has 0 bridgehead atoms. The summed E-state index contributed by atoms with van der Waals surface area (Å²) in [7, 11) is 0. The van der Waals surface area contributed by atoms with Gasteiger partial charge in [0.2, 0.25) is 6.79 Å². The number of ether oxygens (including phenoxy) is 3. The van der Waals surface area contributed by atoms with E-state index in [2.05, 4.69) is 5.32 Å². The number of nitrogens with one attached hydrogen (secondary N) is 1. The van der Waals surface area contributed by atoms with Crippen LogP contribution in [0.1, 0.15) is 23.0 Å². The van der Waals surface area contributed by atoms with Gasteiger partial charge in [0.1, 0.15) is 11.3 Å². The molecule has 1 aliphatic heterocycles. The molecular weight excluding hydrogens is 302 g/mol. The molecule has 1 N–H and O–H groups in total. The maximum absolute atomic E-state index is 12.1. The van der Waals surface area contributed by atoms with Crippen molar-refractivity contribution in [2.45, 2.75) is 20.0 Å². The molecule has 1 aromatic heterocycles. The van der Waals surface area contributed by atoms with Crippen LogP contribution in [0.4, 0.5) is 5.69 Å². The third kappa shape index (κ3) is 3.13. The summed E-state index contributed by atoms with van der Waals surface area (Å²) in [6, 6.07) is 6.53. The number of anilines is 1. The number of carbonyl (C=O) groups is 2. The fraction of sp³-hybridized carbons (Fsp3) is 0.250. The molecule has 0 aliphatic carbocycles. The largest absolute Gasteiger partial charge is 0.469 e. The van der Waals surface area contributed by atoms with Crippen LogP contribution in [0.3, 0.4) is 0 Å². The van der Waals surface area contributed by atoms with E-state index in [0.717, 1.165) is 0 Å². The highest BCUT2D eigenvalue weighted by atomic mass is 16.7. The van der Waals surface area contributed by atoms with Gasteiger partial charge in [0.05, 0.1) is 6.26 Å². The lowest BCUT2D eigenvalue weighted by molar-refractivity contribution is -0.123. The van der Waals surface area contributed by atoms with Crippen molar-refractivity contribution in [3.05, 3.63) is 41.9 Å². The molecule has 120 valence electrons. The Kier molecular flexibility index (Phi) is 3.92. The maximum atomic E-state index is 12.1. The topological polar surface area (TPSA) is 87.0 Å². The molecule has 0 unspecified atom stereocenters. The molecule has 7 nitrogen and oxygen atoms in total. The average Bonchev–Trinajstić information content (AvgIpc) is 3.15. The number of esters is 1. The maximum Gasteiger partial charge on any atom is 0.342 e. The third-order valence-electron chi connectivity index (χ3n) is 3.37. The summed E-state index contributed by atoms with van der Waals surface area (Å²) in [6.45, 7) is 3.30. The summed E-state index contributed by atoms with van der Waals surface area (Å²) in [6.07, 6.45) is 0.436. The number of amides is 1. The van der Waals surface area contributed by atoms with Gasteiger partial charge in [-0.05, 0) is 32.0 Å². The van der Waals surface area contributed by atoms with Crippen molar-refractivity contribution >= 4 is 17.6 Å². The molecule has 0 spiro atoms. The molecule has 2 aromatic rings. The first-order valence-corrected chi connectivity index (χ1v) is 7.00. The first-order chi connectivity index (χ1) is 11.0. The summed E-state index contributed by atoms with van der Waals surface area (Å²) >= 11 is 0. The number of furan rings is 1. The van der Waals surface area contributed by atoms with Gasteiger partial charge in [0.15, 0.2) is 17.6 Å². The number of rotatable bonds is 4. The molecule has 1 amide bonds. The van der Waals surface area contributed by atoms with Crippen LogP contribution in [0.2, 0.25) is 0 Å². The molecule has 7 heteroatoms. The Labute approximate surface area is 132 Å². The second-order valence-electron chi connectivity index (χ2n) is 5.00. The molecule has 0 radical (unpaired) electrons. The number of aryl methyl sites for hydroxylation is 1. The van der Waals surface area contributed by atoms with Crippen LogP contribution in [-0.4, -0.2) is 24.8 Å². The molecule has 0 saturated heterocycles. The Bertz CT molecular complexity index is 751. The number of carbonyl (C=O) groups excluding carboxylic acids is 2. The summed E-state index contributed by atoms with van der Waals surface area (Å²) < 4.78 is 20.6. The highest BCUT2D eigenvalue weighted by Crippen LogP contribution is 2.34. The van der Waals surface area contributed by atoms with Gasteiger partial charge in [-0.25, -0.2) is 4.79 Å². The van der Waals surface area contributed by atoms with Crippen LogP contribution in [0.25, 0.3) is 0 Å². The molecule has 0 saturated carbocycles. The zero-order valence-corrected chi connectivity index (χ0v) is 12.6. The van der Waals surface area contributed by atoms with Crippen molar-refractivity contribution in [1.29, 1.82) is 0 Å². The van der Waals surface area contributed by atoms with Crippen LogP contribution < -0.4 is 14.8 Å². The molecule has 2 heterocycles. The van der Waals surface area contributed by atoms with E-state index in [1.54, 1.807) is 25.1 Å². The van der Waals surface area contributed by atoms with Crippen molar-refractivity contribution in [1.82, 2.24) is 0 Å². The highest BCUT2D eigenvalue weighted by molar-refractivity contribution is 5.97. The molecule has 3 rings (SSSR count). The smallest absolute Gasteiger partial charge is 0.342 e. The van der Waals surface area contributed by atoms with Gasteiger partial charge < -0.3 is 23.9 Å². The predicted octanol–water partition coefficient (Wildman–Crippen LogP) is 2.50. The van der Waals surface area contributed by atoms with Crippen LogP contribution >= 0.6 is 0 Å². The Balaban J connectivity index is 1.61. The second kappa shape index (κ2) is 6.04. The summed E-state index contributed by atoms with van der Waals surface area (Å²) in [5.74, 6) is 0.570. The van der Waals surface area contributed by atoms with Crippen molar-refractivity contribution in [3.8, 4) is 11.5 Å². The summed E-state index contributed by atoms with van der Waals surface area (Å²) in [5.41, 5.74) is 0.828. The van der Waals surface area contributed by atoms with Crippen molar-refractivity contribution < 1.29 is 28.2 Å². The van der Waals surface area contributed by atoms with E-state index in [1.807, 2.05) is 0 Å². The first kappa shape index (κ1) is 15.0. The van der Waals surface area contributed by atoms with E-state index >= 15 is 0 Å². The van der Waals surface area contributed by atoms with Gasteiger partial charge in [0, 0.05) is 11.8 Å². The van der Waals surface area contributed by atoms with Crippen LogP contribution in [0.15, 0.2) is 34.9 Å². The van der Waals surface area contributed by atoms with E-state index in [9.17, 15) is 9.59 Å². The Morgan fingerprint density at radius 1 is 1.22 bits per heavy atom. The molecular formula is C16H15NO6. The minimum Gasteiger partial charge on any atom is -0.469 e. The fourth-order valence-electron chi connectivity index (χ4n) is 2.09. The molecule has 1 atom stereocenters. The Morgan fingerprint density at radius 2 is 2.00 bits per heavy atom. The van der Waals surface area contributed by atoms with Crippen molar-refractivity contribution in [2.24, 2.45) is 0 Å². The van der Waals surface area contributed by atoms with E-state index < -0.39 is 18.0 Å². The summed E-state index contributed by atoms with van der Waals surface area (Å²) in [5, 5.41) is 2.66. The van der Waals surface area contributed by atoms with Gasteiger partial charge in [0.25, 0.3) is 5.91 Å². The van der Waals surface area contributed by atoms with Crippen LogP contribution in [-0.2, 0) is 9.53 Å². The third-order valence-corrected chi connectivity index (χ3v) is 3.37. The lowest BCUT2D eigenvalue weighted by Gasteiger charge is -2.13. The molecule has 0 fully saturated rings. The lowest BCUT2D eigenvalue weighted by Crippen LogP contribution is -2.30. The lowest BCUT2D eigenvalue weighted by atomic mass is 10.2. The van der Waals surface area contributed by atoms with Gasteiger partial charge in [-0.3, -0.25) is 4.79 Å². The zero-order chi connectivity index (χ0) is 16.4. The van der Waals surface area contributed by atoms with Gasteiger partial charge in [-0.2, -0.15) is 0 Å². The quantitative estimate of drug-likeness (QED) is 0.872. The van der Waals surface area contributed by atoms with Gasteiger partial charge in [-0.1, -0.05) is 0 Å². The number of benzene rings is 1. The normalized spacial score (nSPS) is 13.5. The zero-order valence-electron chi connectivity index (χ0n) is 12.6. The number of fused-ring (bicyclic) bond motifs is 1. The van der Waals surface area contributed by atoms with Crippen molar-refractivity contribution in [2.75, 3.05) is 12.1 Å². The minimum absolute atomic E-state index is 0.158. The van der Waals surface area contributed by atoms with Gasteiger partial charge in [-0.15, -0.1) is 0 Å². The minimum atomic E-state index is -0.956. The van der Waals surface area contributed by atoms with E-state index in [1.165, 1.54) is 19.3 Å². The monoisotopic (exact) mass is 317 g/mol. The first-order valence-electron chi connectivity index (χ1n) is 7.00. The van der Waals surface area contributed by atoms with Crippen LogP contribution in [0.5, 0.6) is 11.5 Å². The Morgan fingerprint density at radius 3 is 2.74 bits per heavy atom. The fourth-order valence-corrected chi connectivity index (χ4v) is 2.09. The SMILES string of the molecule is Cc1occc1C(=O)O[C@@H](C)C(=O)Nc1ccc2c(c1)OCO2. The van der Waals surface area contributed by atoms with E-state index in [-0.39, 0.29) is 6.79 Å². The van der Waals surface area contributed by atoms with Crippen LogP contribution in [0, 0.1) is 6.92 Å². The number of hydrogen-bond donors (Lipinski definition) is 1. The van der Waals surface area contributed by atoms with E-state index in [4.69, 9.17) is 18.6 Å². The second-order valence-corrected chi connectivity index (χ2v) is 5.00.